The van der Waals surface area contributed by atoms with Crippen LogP contribution in [0.4, 0.5) is 9.52 Å². The molecular weight excluding hydrogens is 413 g/mol. The van der Waals surface area contributed by atoms with Gasteiger partial charge in [0.15, 0.2) is 5.13 Å². The summed E-state index contributed by atoms with van der Waals surface area (Å²) in [6.45, 7) is 3.12. The van der Waals surface area contributed by atoms with Gasteiger partial charge in [-0.3, -0.25) is 9.59 Å². The Balaban J connectivity index is 1.31. The lowest BCUT2D eigenvalue weighted by Crippen LogP contribution is -2.41. The summed E-state index contributed by atoms with van der Waals surface area (Å²) in [6.07, 6.45) is 2.18. The fraction of sp³-hybridized carbons (Fsp3) is 0.292. The summed E-state index contributed by atoms with van der Waals surface area (Å²) in [7, 11) is 0. The first kappa shape index (κ1) is 21.2. The molecule has 1 fully saturated rings. The van der Waals surface area contributed by atoms with Crippen molar-refractivity contribution in [3.05, 3.63) is 70.9 Å². The van der Waals surface area contributed by atoms with Gasteiger partial charge in [-0.2, -0.15) is 0 Å². The summed E-state index contributed by atoms with van der Waals surface area (Å²) in [5, 5.41) is 5.46. The molecule has 1 N–H and O–H groups in total. The predicted molar refractivity (Wildman–Crippen MR) is 121 cm³/mol. The topological polar surface area (TPSA) is 62.3 Å². The number of likely N-dealkylation sites (tertiary alicyclic amines) is 1. The number of halogens is 1. The van der Waals surface area contributed by atoms with Crippen molar-refractivity contribution in [2.75, 3.05) is 18.4 Å². The third-order valence-corrected chi connectivity index (χ3v) is 6.39. The van der Waals surface area contributed by atoms with Crippen LogP contribution in [-0.4, -0.2) is 34.8 Å². The first-order chi connectivity index (χ1) is 15.0. The molecule has 7 heteroatoms. The van der Waals surface area contributed by atoms with Crippen molar-refractivity contribution < 1.29 is 14.0 Å². The van der Waals surface area contributed by atoms with E-state index in [4.69, 9.17) is 0 Å². The van der Waals surface area contributed by atoms with Crippen molar-refractivity contribution in [3.63, 3.8) is 0 Å². The van der Waals surface area contributed by atoms with E-state index in [1.54, 1.807) is 4.90 Å². The predicted octanol–water partition coefficient (Wildman–Crippen LogP) is 5.00. The van der Waals surface area contributed by atoms with Crippen molar-refractivity contribution in [1.82, 2.24) is 9.88 Å². The number of nitrogens with one attached hydrogen (secondary N) is 1. The highest BCUT2D eigenvalue weighted by Gasteiger charge is 2.28. The standard InChI is InChI=1S/C24H24FN3O2S/c1-2-16-3-5-17(6-4-16)21-15-31-24(26-21)27-22(29)18-11-13-28(14-12-18)23(30)19-7-9-20(25)10-8-19/h3-10,15,18H,2,11-14H2,1H3,(H,26,27,29). The summed E-state index contributed by atoms with van der Waals surface area (Å²) in [4.78, 5) is 31.5. The molecule has 0 radical (unpaired) electrons. The zero-order valence-electron chi connectivity index (χ0n) is 17.3. The third-order valence-electron chi connectivity index (χ3n) is 5.64. The van der Waals surface area contributed by atoms with Crippen LogP contribution in [0.1, 0.15) is 35.7 Å². The minimum atomic E-state index is -0.366. The molecule has 160 valence electrons. The van der Waals surface area contributed by atoms with Crippen LogP contribution in [0.5, 0.6) is 0 Å². The molecular formula is C24H24FN3O2S. The fourth-order valence-corrected chi connectivity index (χ4v) is 4.42. The number of amides is 2. The smallest absolute Gasteiger partial charge is 0.253 e. The Bertz CT molecular complexity index is 1060. The highest BCUT2D eigenvalue weighted by Crippen LogP contribution is 2.27. The Labute approximate surface area is 184 Å². The lowest BCUT2D eigenvalue weighted by atomic mass is 9.95. The van der Waals surface area contributed by atoms with Crippen molar-refractivity contribution in [2.24, 2.45) is 5.92 Å². The van der Waals surface area contributed by atoms with Crippen LogP contribution in [0.3, 0.4) is 0 Å². The van der Waals surface area contributed by atoms with E-state index in [2.05, 4.69) is 29.4 Å². The largest absolute Gasteiger partial charge is 0.339 e. The molecule has 4 rings (SSSR count). The van der Waals surface area contributed by atoms with Gasteiger partial charge < -0.3 is 10.2 Å². The number of nitrogens with zero attached hydrogens (tertiary/aromatic N) is 2. The quantitative estimate of drug-likeness (QED) is 0.611. The second kappa shape index (κ2) is 9.39. The monoisotopic (exact) mass is 437 g/mol. The summed E-state index contributed by atoms with van der Waals surface area (Å²) in [5.74, 6) is -0.711. The second-order valence-electron chi connectivity index (χ2n) is 7.65. The number of hydrogen-bond donors (Lipinski definition) is 1. The van der Waals surface area contributed by atoms with E-state index in [0.717, 1.165) is 17.7 Å². The normalized spacial score (nSPS) is 14.5. The van der Waals surface area contributed by atoms with Gasteiger partial charge in [-0.25, -0.2) is 9.37 Å². The van der Waals surface area contributed by atoms with E-state index in [0.29, 0.717) is 36.6 Å². The van der Waals surface area contributed by atoms with E-state index in [1.165, 1.54) is 41.2 Å². The molecule has 2 heterocycles. The van der Waals surface area contributed by atoms with Gasteiger partial charge in [-0.05, 0) is 49.1 Å². The first-order valence-corrected chi connectivity index (χ1v) is 11.3. The SMILES string of the molecule is CCc1ccc(-c2csc(NC(=O)C3CCN(C(=O)c4ccc(F)cc4)CC3)n2)cc1. The number of thiazole rings is 1. The maximum absolute atomic E-state index is 13.1. The van der Waals surface area contributed by atoms with Gasteiger partial charge in [0.1, 0.15) is 5.82 Å². The number of benzene rings is 2. The number of aryl methyl sites for hydroxylation is 1. The fourth-order valence-electron chi connectivity index (χ4n) is 3.70. The van der Waals surface area contributed by atoms with Crippen LogP contribution in [0.15, 0.2) is 53.9 Å². The number of aromatic nitrogens is 1. The van der Waals surface area contributed by atoms with Gasteiger partial charge >= 0.3 is 0 Å². The molecule has 0 unspecified atom stereocenters. The lowest BCUT2D eigenvalue weighted by Gasteiger charge is -2.31. The Morgan fingerprint density at radius 2 is 1.77 bits per heavy atom. The van der Waals surface area contributed by atoms with Gasteiger partial charge in [0, 0.05) is 35.5 Å². The third kappa shape index (κ3) is 4.99. The number of carbonyl (C=O) groups is 2. The first-order valence-electron chi connectivity index (χ1n) is 10.4. The highest BCUT2D eigenvalue weighted by atomic mass is 32.1. The number of carbonyl (C=O) groups excluding carboxylic acids is 2. The van der Waals surface area contributed by atoms with Gasteiger partial charge in [-0.15, -0.1) is 11.3 Å². The van der Waals surface area contributed by atoms with E-state index in [9.17, 15) is 14.0 Å². The average molecular weight is 438 g/mol. The Hall–Kier alpha value is -3.06. The zero-order valence-corrected chi connectivity index (χ0v) is 18.1. The molecule has 2 aromatic carbocycles. The maximum atomic E-state index is 13.1. The van der Waals surface area contributed by atoms with Crippen molar-refractivity contribution in [3.8, 4) is 11.3 Å². The summed E-state index contributed by atoms with van der Waals surface area (Å²) < 4.78 is 13.1. The maximum Gasteiger partial charge on any atom is 0.253 e. The van der Waals surface area contributed by atoms with Crippen molar-refractivity contribution in [2.45, 2.75) is 26.2 Å². The highest BCUT2D eigenvalue weighted by molar-refractivity contribution is 7.14. The molecule has 31 heavy (non-hydrogen) atoms. The zero-order chi connectivity index (χ0) is 21.8. The van der Waals surface area contributed by atoms with E-state index in [1.807, 2.05) is 17.5 Å². The van der Waals surface area contributed by atoms with E-state index in [-0.39, 0.29) is 23.5 Å². The Kier molecular flexibility index (Phi) is 6.42. The molecule has 1 aliphatic heterocycles. The molecule has 0 atom stereocenters. The average Bonchev–Trinajstić information content (AvgIpc) is 3.27. The Morgan fingerprint density at radius 1 is 1.10 bits per heavy atom. The molecule has 0 spiro atoms. The number of anilines is 1. The van der Waals surface area contributed by atoms with E-state index >= 15 is 0 Å². The summed E-state index contributed by atoms with van der Waals surface area (Å²) in [6, 6.07) is 13.8. The summed E-state index contributed by atoms with van der Waals surface area (Å²) in [5.41, 5.74) is 3.62. The van der Waals surface area contributed by atoms with Gasteiger partial charge in [0.25, 0.3) is 5.91 Å². The molecule has 5 nitrogen and oxygen atoms in total. The molecule has 1 saturated heterocycles. The van der Waals surface area contributed by atoms with Crippen LogP contribution in [0.25, 0.3) is 11.3 Å². The van der Waals surface area contributed by atoms with Gasteiger partial charge in [0.2, 0.25) is 5.91 Å². The molecule has 0 bridgehead atoms. The summed E-state index contributed by atoms with van der Waals surface area (Å²) >= 11 is 1.41. The van der Waals surface area contributed by atoms with E-state index < -0.39 is 0 Å². The van der Waals surface area contributed by atoms with Crippen molar-refractivity contribution in [1.29, 1.82) is 0 Å². The van der Waals surface area contributed by atoms with Gasteiger partial charge in [-0.1, -0.05) is 31.2 Å². The molecule has 0 aliphatic carbocycles. The van der Waals surface area contributed by atoms with Crippen LogP contribution in [-0.2, 0) is 11.2 Å². The molecule has 3 aromatic rings. The molecule has 2 amide bonds. The van der Waals surface area contributed by atoms with Gasteiger partial charge in [0.05, 0.1) is 5.69 Å². The van der Waals surface area contributed by atoms with Crippen molar-refractivity contribution >= 4 is 28.3 Å². The number of hydrogen-bond acceptors (Lipinski definition) is 4. The number of piperidine rings is 1. The second-order valence-corrected chi connectivity index (χ2v) is 8.51. The van der Waals surface area contributed by atoms with Crippen LogP contribution in [0, 0.1) is 11.7 Å². The minimum absolute atomic E-state index is 0.0592. The molecule has 1 aromatic heterocycles. The van der Waals surface area contributed by atoms with Crippen LogP contribution in [0.2, 0.25) is 0 Å². The lowest BCUT2D eigenvalue weighted by molar-refractivity contribution is -0.121. The Morgan fingerprint density at radius 3 is 2.42 bits per heavy atom. The molecule has 0 saturated carbocycles. The number of rotatable bonds is 5. The molecule has 1 aliphatic rings. The van der Waals surface area contributed by atoms with Crippen LogP contribution < -0.4 is 5.32 Å². The minimum Gasteiger partial charge on any atom is -0.339 e. The van der Waals surface area contributed by atoms with Crippen LogP contribution >= 0.6 is 11.3 Å².